The molecule has 1 unspecified atom stereocenters. The normalized spacial score (nSPS) is 20.5. The summed E-state index contributed by atoms with van der Waals surface area (Å²) >= 11 is 0. The lowest BCUT2D eigenvalue weighted by Crippen LogP contribution is -2.52. The van der Waals surface area contributed by atoms with Crippen molar-refractivity contribution in [1.29, 1.82) is 0 Å². The summed E-state index contributed by atoms with van der Waals surface area (Å²) in [6.45, 7) is 4.46. The molecular weight excluding hydrogens is 556 g/mol. The number of nitrogens with zero attached hydrogens (tertiary/aromatic N) is 6. The van der Waals surface area contributed by atoms with Crippen molar-refractivity contribution in [3.8, 4) is 0 Å². The molecule has 4 N–H and O–H groups in total. The molecule has 43 heavy (non-hydrogen) atoms. The summed E-state index contributed by atoms with van der Waals surface area (Å²) in [5.41, 5.74) is 4.27. The summed E-state index contributed by atoms with van der Waals surface area (Å²) in [4.78, 5) is 74.0. The minimum absolute atomic E-state index is 0.0109. The topological polar surface area (TPSA) is 203 Å². The van der Waals surface area contributed by atoms with Gasteiger partial charge in [0.2, 0.25) is 11.7 Å². The van der Waals surface area contributed by atoms with Crippen LogP contribution in [-0.2, 0) is 24.8 Å². The van der Waals surface area contributed by atoms with E-state index in [9.17, 15) is 29.1 Å². The van der Waals surface area contributed by atoms with Gasteiger partial charge in [-0.1, -0.05) is 43.4 Å². The first-order valence-corrected chi connectivity index (χ1v) is 14.5. The molecule has 3 heterocycles. The predicted molar refractivity (Wildman–Crippen MR) is 153 cm³/mol. The first kappa shape index (κ1) is 31.6. The standard InChI is InChI=1S/C29H38N8O6/c1-17(24(38)25(30)39)33-27(41)22-14-19(37-23(15-32-35-37)29(2,3)43)16-36(22)28(42)21(13-18-9-5-4-6-10-18)34-26(40)20-11-7-8-12-31-20/h7-8,11-12,15,17-19,22,43H,4-6,9-10,13-14,16H2,1-3H3,(H2,30,39)(H,33,41)/b34-21+/t17?,19-,22-/m0/s1. The van der Waals surface area contributed by atoms with Crippen molar-refractivity contribution in [3.05, 3.63) is 42.0 Å². The largest absolute Gasteiger partial charge is 0.384 e. The SMILES string of the molecule is CC(NC(=O)[C@@H]1C[C@H](n2nncc2C(C)(C)O)CN1C(=O)/C(CC1CCCCC1)=N/C(=O)c1ccccn1)C(=O)C(N)=O. The zero-order valence-corrected chi connectivity index (χ0v) is 24.6. The molecule has 4 amide bonds. The Balaban J connectivity index is 1.69. The molecule has 0 spiro atoms. The van der Waals surface area contributed by atoms with Crippen molar-refractivity contribution in [2.24, 2.45) is 16.6 Å². The Morgan fingerprint density at radius 3 is 2.51 bits per heavy atom. The van der Waals surface area contributed by atoms with Crippen LogP contribution in [-0.4, -0.2) is 83.7 Å². The molecule has 2 aromatic heterocycles. The zero-order chi connectivity index (χ0) is 31.3. The van der Waals surface area contributed by atoms with Crippen LogP contribution in [0.3, 0.4) is 0 Å². The van der Waals surface area contributed by atoms with Crippen LogP contribution in [0.1, 0.15) is 87.9 Å². The van der Waals surface area contributed by atoms with Gasteiger partial charge in [0.15, 0.2) is 0 Å². The maximum atomic E-state index is 14.2. The van der Waals surface area contributed by atoms with Crippen LogP contribution in [0.2, 0.25) is 0 Å². The molecule has 1 saturated carbocycles. The molecular formula is C29H38N8O6. The van der Waals surface area contributed by atoms with E-state index in [1.807, 2.05) is 0 Å². The first-order valence-electron chi connectivity index (χ1n) is 14.5. The number of hydrogen-bond donors (Lipinski definition) is 3. The summed E-state index contributed by atoms with van der Waals surface area (Å²) in [6, 6.07) is 1.92. The number of nitrogens with one attached hydrogen (secondary N) is 1. The number of carbonyl (C=O) groups is 5. The average Bonchev–Trinajstić information content (AvgIpc) is 3.65. The molecule has 1 saturated heterocycles. The number of carbonyl (C=O) groups excluding carboxylic acids is 5. The molecule has 14 heteroatoms. The third kappa shape index (κ3) is 7.55. The lowest BCUT2D eigenvalue weighted by molar-refractivity contribution is -0.139. The average molecular weight is 595 g/mol. The van der Waals surface area contributed by atoms with Crippen molar-refractivity contribution in [2.45, 2.75) is 89.4 Å². The molecule has 0 aromatic carbocycles. The fourth-order valence-corrected chi connectivity index (χ4v) is 5.68. The van der Waals surface area contributed by atoms with Crippen LogP contribution in [0.4, 0.5) is 0 Å². The smallest absolute Gasteiger partial charge is 0.295 e. The fraction of sp³-hybridized carbons (Fsp3) is 0.552. The second kappa shape index (κ2) is 13.3. The number of likely N-dealkylation sites (tertiary alicyclic amines) is 1. The highest BCUT2D eigenvalue weighted by Crippen LogP contribution is 2.33. The zero-order valence-electron chi connectivity index (χ0n) is 24.6. The van der Waals surface area contributed by atoms with Gasteiger partial charge in [0.05, 0.1) is 24.0 Å². The predicted octanol–water partition coefficient (Wildman–Crippen LogP) is 0.853. The Bertz CT molecular complexity index is 1390. The lowest BCUT2D eigenvalue weighted by Gasteiger charge is -2.27. The van der Waals surface area contributed by atoms with Gasteiger partial charge in [0, 0.05) is 19.2 Å². The summed E-state index contributed by atoms with van der Waals surface area (Å²) in [6.07, 6.45) is 8.08. The number of pyridine rings is 1. The molecule has 2 fully saturated rings. The van der Waals surface area contributed by atoms with E-state index in [1.54, 1.807) is 26.0 Å². The Kier molecular flexibility index (Phi) is 9.79. The van der Waals surface area contributed by atoms with E-state index in [2.05, 4.69) is 25.6 Å². The van der Waals surface area contributed by atoms with E-state index in [1.165, 1.54) is 35.0 Å². The van der Waals surface area contributed by atoms with Gasteiger partial charge >= 0.3 is 0 Å². The van der Waals surface area contributed by atoms with E-state index < -0.39 is 53.1 Å². The van der Waals surface area contributed by atoms with E-state index in [0.717, 1.165) is 32.1 Å². The van der Waals surface area contributed by atoms with Gasteiger partial charge in [-0.05, 0) is 45.2 Å². The molecule has 0 bridgehead atoms. The third-order valence-corrected chi connectivity index (χ3v) is 7.96. The van der Waals surface area contributed by atoms with Crippen molar-refractivity contribution in [2.75, 3.05) is 6.54 Å². The minimum atomic E-state index is -1.32. The third-order valence-electron chi connectivity index (χ3n) is 7.96. The van der Waals surface area contributed by atoms with Crippen molar-refractivity contribution < 1.29 is 29.1 Å². The number of aliphatic hydroxyl groups is 1. The van der Waals surface area contributed by atoms with Gasteiger partial charge in [-0.2, -0.15) is 0 Å². The number of hydrogen-bond acceptors (Lipinski definition) is 9. The second-order valence-corrected chi connectivity index (χ2v) is 11.7. The van der Waals surface area contributed by atoms with Crippen LogP contribution < -0.4 is 11.1 Å². The Hall–Kier alpha value is -4.33. The van der Waals surface area contributed by atoms with Gasteiger partial charge in [-0.3, -0.25) is 29.0 Å². The second-order valence-electron chi connectivity index (χ2n) is 11.7. The van der Waals surface area contributed by atoms with E-state index in [-0.39, 0.29) is 36.7 Å². The number of nitrogens with two attached hydrogens (primary N) is 1. The summed E-state index contributed by atoms with van der Waals surface area (Å²) < 4.78 is 1.47. The van der Waals surface area contributed by atoms with E-state index in [4.69, 9.17) is 5.73 Å². The number of Topliss-reactive ketones (excluding diaryl/α,β-unsaturated/α-hetero) is 1. The Labute approximate surface area is 249 Å². The number of rotatable bonds is 10. The molecule has 230 valence electrons. The van der Waals surface area contributed by atoms with Gasteiger partial charge in [0.25, 0.3) is 17.7 Å². The van der Waals surface area contributed by atoms with Gasteiger partial charge in [-0.15, -0.1) is 5.10 Å². The van der Waals surface area contributed by atoms with Crippen LogP contribution in [0.25, 0.3) is 0 Å². The van der Waals surface area contributed by atoms with E-state index >= 15 is 0 Å². The minimum Gasteiger partial charge on any atom is -0.384 e. The molecule has 14 nitrogen and oxygen atoms in total. The molecule has 1 aliphatic heterocycles. The van der Waals surface area contributed by atoms with Gasteiger partial charge < -0.3 is 21.1 Å². The number of aromatic nitrogens is 4. The molecule has 2 aromatic rings. The van der Waals surface area contributed by atoms with Crippen LogP contribution in [0.5, 0.6) is 0 Å². The monoisotopic (exact) mass is 594 g/mol. The highest BCUT2D eigenvalue weighted by Gasteiger charge is 2.44. The first-order chi connectivity index (χ1) is 20.4. The van der Waals surface area contributed by atoms with Crippen molar-refractivity contribution in [1.82, 2.24) is 30.2 Å². The summed E-state index contributed by atoms with van der Waals surface area (Å²) in [7, 11) is 0. The van der Waals surface area contributed by atoms with Crippen LogP contribution >= 0.6 is 0 Å². The van der Waals surface area contributed by atoms with Gasteiger partial charge in [0.1, 0.15) is 23.0 Å². The molecule has 1 aliphatic carbocycles. The molecule has 2 aliphatic rings. The van der Waals surface area contributed by atoms with Crippen molar-refractivity contribution in [3.63, 3.8) is 0 Å². The molecule has 0 radical (unpaired) electrons. The Morgan fingerprint density at radius 1 is 1.16 bits per heavy atom. The number of amides is 4. The maximum Gasteiger partial charge on any atom is 0.295 e. The Morgan fingerprint density at radius 2 is 1.88 bits per heavy atom. The van der Waals surface area contributed by atoms with Crippen molar-refractivity contribution >= 4 is 35.1 Å². The molecule has 3 atom stereocenters. The maximum absolute atomic E-state index is 14.2. The summed E-state index contributed by atoms with van der Waals surface area (Å²) in [5.74, 6) is -3.99. The van der Waals surface area contributed by atoms with Crippen LogP contribution in [0, 0.1) is 5.92 Å². The molecule has 4 rings (SSSR count). The number of primary amides is 1. The quantitative estimate of drug-likeness (QED) is 0.263. The van der Waals surface area contributed by atoms with Gasteiger partial charge in [-0.25, -0.2) is 9.67 Å². The number of aliphatic imine (C=N–C) groups is 1. The highest BCUT2D eigenvalue weighted by molar-refractivity contribution is 6.41. The number of ketones is 1. The summed E-state index contributed by atoms with van der Waals surface area (Å²) in [5, 5.41) is 21.2. The van der Waals surface area contributed by atoms with Crippen LogP contribution in [0.15, 0.2) is 35.6 Å². The highest BCUT2D eigenvalue weighted by atomic mass is 16.3. The fourth-order valence-electron chi connectivity index (χ4n) is 5.68. The lowest BCUT2D eigenvalue weighted by atomic mass is 9.85. The van der Waals surface area contributed by atoms with E-state index in [0.29, 0.717) is 5.69 Å².